The molecule has 2 bridgehead atoms. The largest absolute Gasteiger partial charge is 0.307 e. The van der Waals surface area contributed by atoms with Crippen LogP contribution < -0.4 is 9.77 Å². The Balaban J connectivity index is 1.32. The van der Waals surface area contributed by atoms with Crippen molar-refractivity contribution in [1.29, 1.82) is 0 Å². The quantitative estimate of drug-likeness (QED) is 0.533. The zero-order valence-electron chi connectivity index (χ0n) is 18.2. The molecule has 3 aromatic rings. The third kappa shape index (κ3) is 2.69. The molecule has 2 amide bonds. The van der Waals surface area contributed by atoms with E-state index in [1.165, 1.54) is 46.1 Å². The van der Waals surface area contributed by atoms with Crippen molar-refractivity contribution in [2.45, 2.75) is 29.5 Å². The summed E-state index contributed by atoms with van der Waals surface area (Å²) in [6.45, 7) is 2.05. The summed E-state index contributed by atoms with van der Waals surface area (Å²) in [7, 11) is 0. The van der Waals surface area contributed by atoms with Crippen molar-refractivity contribution in [2.24, 2.45) is 29.6 Å². The molecule has 4 aliphatic rings. The van der Waals surface area contributed by atoms with Crippen molar-refractivity contribution in [1.82, 2.24) is 4.98 Å². The molecule has 34 heavy (non-hydrogen) atoms. The predicted molar refractivity (Wildman–Crippen MR) is 129 cm³/mol. The van der Waals surface area contributed by atoms with Crippen LogP contribution in [0.5, 0.6) is 0 Å². The summed E-state index contributed by atoms with van der Waals surface area (Å²) in [5.74, 6) is -1.05. The number of benzene rings is 2. The monoisotopic (exact) mass is 492 g/mol. The van der Waals surface area contributed by atoms with Crippen LogP contribution >= 0.6 is 23.1 Å². The molecular formula is C26H21FN2O3S2. The summed E-state index contributed by atoms with van der Waals surface area (Å²) in [5, 5.41) is 1.08. The van der Waals surface area contributed by atoms with Crippen molar-refractivity contribution in [3.8, 4) is 0 Å². The zero-order chi connectivity index (χ0) is 23.3. The van der Waals surface area contributed by atoms with E-state index >= 15 is 0 Å². The number of aromatic nitrogens is 1. The second-order valence-electron chi connectivity index (χ2n) is 9.86. The van der Waals surface area contributed by atoms with Gasteiger partial charge in [-0.2, -0.15) is 0 Å². The lowest BCUT2D eigenvalue weighted by Crippen LogP contribution is -2.42. The molecule has 1 aromatic heterocycles. The average Bonchev–Trinajstić information content (AvgIpc) is 3.54. The Morgan fingerprint density at radius 1 is 0.941 bits per heavy atom. The first-order valence-corrected chi connectivity index (χ1v) is 13.2. The van der Waals surface area contributed by atoms with Crippen LogP contribution in [-0.4, -0.2) is 22.0 Å². The number of anilines is 1. The van der Waals surface area contributed by atoms with Gasteiger partial charge in [0, 0.05) is 16.0 Å². The summed E-state index contributed by atoms with van der Waals surface area (Å²) in [4.78, 5) is 44.8. The normalized spacial score (nSPS) is 33.2. The first-order valence-electron chi connectivity index (χ1n) is 11.5. The van der Waals surface area contributed by atoms with Gasteiger partial charge < -0.3 is 4.98 Å². The molecule has 1 N–H and O–H groups in total. The van der Waals surface area contributed by atoms with Gasteiger partial charge in [-0.1, -0.05) is 41.2 Å². The van der Waals surface area contributed by atoms with Gasteiger partial charge >= 0.3 is 4.87 Å². The highest BCUT2D eigenvalue weighted by Gasteiger charge is 2.69. The summed E-state index contributed by atoms with van der Waals surface area (Å²) < 4.78 is 13.5. The van der Waals surface area contributed by atoms with Crippen LogP contribution in [0.3, 0.4) is 0 Å². The average molecular weight is 493 g/mol. The van der Waals surface area contributed by atoms with Gasteiger partial charge in [0.15, 0.2) is 0 Å². The number of amides is 2. The van der Waals surface area contributed by atoms with Crippen molar-refractivity contribution in [2.75, 3.05) is 4.90 Å². The molecule has 3 heterocycles. The molecule has 1 saturated heterocycles. The number of aryl methyl sites for hydroxylation is 1. The van der Waals surface area contributed by atoms with Crippen molar-refractivity contribution >= 4 is 40.6 Å². The molecule has 2 saturated carbocycles. The van der Waals surface area contributed by atoms with Gasteiger partial charge in [0.25, 0.3) is 0 Å². The minimum Gasteiger partial charge on any atom is -0.307 e. The number of halogens is 1. The minimum atomic E-state index is -0.397. The lowest BCUT2D eigenvalue weighted by Gasteiger charge is -2.43. The van der Waals surface area contributed by atoms with Crippen LogP contribution in [0.2, 0.25) is 0 Å². The molecule has 0 unspecified atom stereocenters. The number of nitrogens with zero attached hydrogens (tertiary/aromatic N) is 1. The van der Waals surface area contributed by atoms with Crippen molar-refractivity contribution in [3.05, 3.63) is 80.0 Å². The Morgan fingerprint density at radius 3 is 2.32 bits per heavy atom. The van der Waals surface area contributed by atoms with E-state index in [2.05, 4.69) is 36.2 Å². The molecule has 5 nitrogen and oxygen atoms in total. The highest BCUT2D eigenvalue weighted by molar-refractivity contribution is 8.00. The predicted octanol–water partition coefficient (Wildman–Crippen LogP) is 4.56. The zero-order valence-corrected chi connectivity index (χ0v) is 19.9. The smallest absolute Gasteiger partial charge is 0.305 e. The maximum Gasteiger partial charge on any atom is 0.305 e. The summed E-state index contributed by atoms with van der Waals surface area (Å²) in [6, 6.07) is 14.1. The molecule has 0 spiro atoms. The minimum absolute atomic E-state index is 0.0320. The van der Waals surface area contributed by atoms with E-state index in [-0.39, 0.29) is 57.4 Å². The fourth-order valence-corrected chi connectivity index (χ4v) is 9.90. The Morgan fingerprint density at radius 2 is 1.62 bits per heavy atom. The molecule has 7 rings (SSSR count). The Kier molecular flexibility index (Phi) is 4.34. The van der Waals surface area contributed by atoms with E-state index in [1.54, 1.807) is 11.8 Å². The van der Waals surface area contributed by atoms with Crippen LogP contribution in [-0.2, 0) is 9.59 Å². The van der Waals surface area contributed by atoms with E-state index in [4.69, 9.17) is 0 Å². The standard InChI is InChI=1S/C26H21FN2O3S2/c1-11-2-4-12(5-3-11)17-18-15-10-16(21(18)33-23-22(17)34-26(32)28-23)20-19(15)24(30)29(25(20)31)14-8-6-13(27)7-9-14/h2-9,15-21H,10H2,1H3,(H,28,32)/t15-,16-,17+,18-,19-,20+,21-/m1/s1. The van der Waals surface area contributed by atoms with Gasteiger partial charge in [-0.3, -0.25) is 19.3 Å². The van der Waals surface area contributed by atoms with Gasteiger partial charge in [-0.25, -0.2) is 4.39 Å². The molecule has 2 aliphatic carbocycles. The van der Waals surface area contributed by atoms with Crippen LogP contribution in [0.15, 0.2) is 58.4 Å². The number of carbonyl (C=O) groups excluding carboxylic acids is 2. The SMILES string of the molecule is Cc1ccc([C@@H]2c3sc(=O)[nH]c3S[C@@H]3[C@@H]4C[C@@H]([C@H]5C(=O)N(c6ccc(F)cc6)C(=O)[C@@H]45)[C@H]23)cc1. The van der Waals surface area contributed by atoms with Gasteiger partial charge in [0.2, 0.25) is 11.8 Å². The molecule has 3 fully saturated rings. The Labute approximate surface area is 203 Å². The number of carbonyl (C=O) groups is 2. The Bertz CT molecular complexity index is 1400. The first-order chi connectivity index (χ1) is 16.4. The third-order valence-corrected chi connectivity index (χ3v) is 10.8. The van der Waals surface area contributed by atoms with Crippen LogP contribution in [0, 0.1) is 42.3 Å². The number of nitrogens with one attached hydrogen (secondary N) is 1. The number of H-pyrrole nitrogens is 1. The van der Waals surface area contributed by atoms with E-state index in [0.717, 1.165) is 21.9 Å². The molecular weight excluding hydrogens is 471 g/mol. The summed E-state index contributed by atoms with van der Waals surface area (Å²) in [5.41, 5.74) is 2.78. The third-order valence-electron chi connectivity index (χ3n) is 8.25. The topological polar surface area (TPSA) is 70.2 Å². The second-order valence-corrected chi connectivity index (χ2v) is 12.1. The maximum absolute atomic E-state index is 13.6. The van der Waals surface area contributed by atoms with Gasteiger partial charge in [-0.15, -0.1) is 11.8 Å². The Hall–Kier alpha value is -2.71. The number of thioether (sulfide) groups is 1. The van der Waals surface area contributed by atoms with E-state index in [0.29, 0.717) is 5.69 Å². The van der Waals surface area contributed by atoms with Gasteiger partial charge in [0.05, 0.1) is 22.5 Å². The molecule has 172 valence electrons. The fraction of sp³-hybridized carbons (Fsp3) is 0.346. The molecule has 2 aliphatic heterocycles. The number of aromatic amines is 1. The van der Waals surface area contributed by atoms with Crippen LogP contribution in [0.1, 0.15) is 28.3 Å². The van der Waals surface area contributed by atoms with Crippen LogP contribution in [0.4, 0.5) is 10.1 Å². The van der Waals surface area contributed by atoms with E-state index < -0.39 is 5.82 Å². The van der Waals surface area contributed by atoms with Gasteiger partial charge in [0.1, 0.15) is 5.82 Å². The van der Waals surface area contributed by atoms with Crippen molar-refractivity contribution < 1.29 is 14.0 Å². The maximum atomic E-state index is 13.6. The van der Waals surface area contributed by atoms with Crippen LogP contribution in [0.25, 0.3) is 0 Å². The number of thiazole rings is 1. The highest BCUT2D eigenvalue weighted by Crippen LogP contribution is 2.68. The van der Waals surface area contributed by atoms with E-state index in [9.17, 15) is 18.8 Å². The number of rotatable bonds is 2. The first kappa shape index (κ1) is 20.6. The second kappa shape index (κ2) is 7.15. The van der Waals surface area contributed by atoms with E-state index in [1.807, 2.05) is 0 Å². The fourth-order valence-electron chi connectivity index (χ4n) is 7.01. The lowest BCUT2D eigenvalue weighted by molar-refractivity contribution is -0.123. The molecule has 2 aromatic carbocycles. The van der Waals surface area contributed by atoms with Gasteiger partial charge in [-0.05, 0) is 60.9 Å². The molecule has 0 radical (unpaired) electrons. The number of hydrogen-bond acceptors (Lipinski definition) is 5. The molecule has 7 atom stereocenters. The lowest BCUT2D eigenvalue weighted by atomic mass is 9.68. The highest BCUT2D eigenvalue weighted by atomic mass is 32.2. The number of imide groups is 1. The number of hydrogen-bond donors (Lipinski definition) is 1. The molecule has 8 heteroatoms. The summed E-state index contributed by atoms with van der Waals surface area (Å²) >= 11 is 2.96. The van der Waals surface area contributed by atoms with Crippen molar-refractivity contribution in [3.63, 3.8) is 0 Å². The summed E-state index contributed by atoms with van der Waals surface area (Å²) in [6.07, 6.45) is 0.855. The number of fused-ring (bicyclic) bond motifs is 9.